The molecular formula is C57H94N20O18S2. The first-order valence-electron chi connectivity index (χ1n) is 30.7. The van der Waals surface area contributed by atoms with Crippen molar-refractivity contribution in [3.63, 3.8) is 0 Å². The maximum atomic E-state index is 14.3. The van der Waals surface area contributed by atoms with Crippen molar-refractivity contribution in [3.05, 3.63) is 35.9 Å². The fourth-order valence-electron chi connectivity index (χ4n) is 8.59. The van der Waals surface area contributed by atoms with E-state index < -0.39 is 200 Å². The molecule has 0 aliphatic carbocycles. The standard InChI is InChI=1S/C57H94N20O18S2/c1-5-28(3)44(54(94)72-36(20-43(84)85)50(90)70-34(15-11-17-65-57(62)63)49(89)77-45(29(4)6-2)55(95)75-38(26-96)52(92)68-31(23-78)19-40(59)81)76-48(88)33(14-10-16-64-56(60)61)69-42(83)22-66-41(82)21-67-47(87)35(18-30-12-8-7-9-13-30)71-53(93)39(27-97)74-51(91)37(25-80)73-46(86)32(58)24-79/h7-9,12-13,23,28-29,31-39,44-45,79-80,96-97H,5-6,10-11,14-22,24-27,58H2,1-4H3,(H2,59,81)(H,66,82)(H,67,87)(H,68,92)(H,69,83)(H,70,90)(H,71,93)(H,72,94)(H,73,86)(H,74,91)(H,75,95)(H,76,88)(H,77,89)(H,84,85)(H4,60,61,64)(H4,62,63,65)/t28-,29-,31-,32-,33-,34-,35-,36-,37-,38-,39-,44-,45-/m0/s1. The quantitative estimate of drug-likeness (QED) is 0.00947. The number of aliphatic hydroxyl groups is 2. The summed E-state index contributed by atoms with van der Waals surface area (Å²) in [5.74, 6) is -17.1. The van der Waals surface area contributed by atoms with E-state index in [2.05, 4.69) is 99.0 Å². The number of nitrogens with two attached hydrogens (primary N) is 6. The number of carbonyl (C=O) groups is 15. The average molecular weight is 1410 g/mol. The number of nitrogens with one attached hydrogen (secondary N) is 12. The highest BCUT2D eigenvalue weighted by Crippen LogP contribution is 2.14. The summed E-state index contributed by atoms with van der Waals surface area (Å²) in [5, 5.41) is 57.5. The number of carboxylic acid groups (broad SMARTS) is 1. The Balaban J connectivity index is 3.44. The predicted molar refractivity (Wildman–Crippen MR) is 356 cm³/mol. The Hall–Kier alpha value is -9.41. The summed E-state index contributed by atoms with van der Waals surface area (Å²) >= 11 is 8.25. The molecule has 27 N–H and O–H groups in total. The van der Waals surface area contributed by atoms with Crippen LogP contribution in [0.2, 0.25) is 0 Å². The molecule has 0 spiro atoms. The topological polar surface area (TPSA) is 642 Å². The molecule has 1 aromatic carbocycles. The zero-order valence-corrected chi connectivity index (χ0v) is 56.0. The van der Waals surface area contributed by atoms with Gasteiger partial charge < -0.3 is 118 Å². The van der Waals surface area contributed by atoms with Gasteiger partial charge in [-0.2, -0.15) is 25.3 Å². The molecule has 13 amide bonds. The van der Waals surface area contributed by atoms with Gasteiger partial charge in [-0.1, -0.05) is 70.9 Å². The zero-order valence-electron chi connectivity index (χ0n) is 54.2. The zero-order chi connectivity index (χ0) is 73.5. The van der Waals surface area contributed by atoms with Crippen LogP contribution in [0.5, 0.6) is 0 Å². The van der Waals surface area contributed by atoms with Gasteiger partial charge in [0.15, 0.2) is 11.9 Å². The van der Waals surface area contributed by atoms with Crippen molar-refractivity contribution in [3.8, 4) is 0 Å². The molecule has 0 aromatic heterocycles. The van der Waals surface area contributed by atoms with Crippen molar-refractivity contribution in [1.29, 1.82) is 0 Å². The molecule has 40 heteroatoms. The van der Waals surface area contributed by atoms with Crippen LogP contribution in [-0.2, 0) is 78.3 Å². The number of primary amides is 1. The molecular weight excluding hydrogens is 1320 g/mol. The number of hydrogen-bond donors (Lipinski definition) is 23. The van der Waals surface area contributed by atoms with E-state index in [1.807, 2.05) is 0 Å². The molecule has 0 aliphatic heterocycles. The number of amides is 13. The number of aliphatic imine (C=N–C) groups is 2. The molecule has 38 nitrogen and oxygen atoms in total. The number of benzene rings is 1. The minimum absolute atomic E-state index is 0.00238. The minimum atomic E-state index is -1.95. The lowest BCUT2D eigenvalue weighted by Crippen LogP contribution is -2.61. The number of aliphatic hydroxyl groups excluding tert-OH is 2. The van der Waals surface area contributed by atoms with E-state index >= 15 is 0 Å². The number of carboxylic acids is 1. The number of aliphatic carboxylic acids is 1. The molecule has 1 aromatic rings. The van der Waals surface area contributed by atoms with Gasteiger partial charge in [0, 0.05) is 31.0 Å². The Morgan fingerprint density at radius 3 is 1.37 bits per heavy atom. The first-order chi connectivity index (χ1) is 45.8. The summed E-state index contributed by atoms with van der Waals surface area (Å²) in [4.78, 5) is 206. The third-order valence-electron chi connectivity index (χ3n) is 14.5. The van der Waals surface area contributed by atoms with E-state index in [4.69, 9.17) is 34.4 Å². The number of rotatable bonds is 47. The van der Waals surface area contributed by atoms with Crippen LogP contribution < -0.4 is 98.2 Å². The van der Waals surface area contributed by atoms with Crippen LogP contribution >= 0.6 is 25.3 Å². The van der Waals surface area contributed by atoms with E-state index in [1.54, 1.807) is 51.1 Å². The third kappa shape index (κ3) is 33.2. The smallest absolute Gasteiger partial charge is 0.305 e. The molecule has 1 rings (SSSR count). The highest BCUT2D eigenvalue weighted by Gasteiger charge is 2.37. The largest absolute Gasteiger partial charge is 0.481 e. The van der Waals surface area contributed by atoms with Gasteiger partial charge >= 0.3 is 5.97 Å². The van der Waals surface area contributed by atoms with Crippen LogP contribution in [0.15, 0.2) is 40.3 Å². The lowest BCUT2D eigenvalue weighted by atomic mass is 9.96. The van der Waals surface area contributed by atoms with E-state index in [0.29, 0.717) is 5.56 Å². The van der Waals surface area contributed by atoms with Crippen molar-refractivity contribution in [2.75, 3.05) is 50.9 Å². The van der Waals surface area contributed by atoms with Crippen LogP contribution in [0.25, 0.3) is 0 Å². The van der Waals surface area contributed by atoms with E-state index in [0.717, 1.165) is 0 Å². The second kappa shape index (κ2) is 45.9. The Bertz CT molecular complexity index is 2910. The fourth-order valence-corrected chi connectivity index (χ4v) is 9.11. The van der Waals surface area contributed by atoms with Crippen LogP contribution in [0.1, 0.15) is 84.6 Å². The van der Waals surface area contributed by atoms with Crippen LogP contribution in [0, 0.1) is 11.8 Å². The molecule has 0 saturated carbocycles. The van der Waals surface area contributed by atoms with Gasteiger partial charge in [0.1, 0.15) is 66.7 Å². The molecule has 13 atom stereocenters. The van der Waals surface area contributed by atoms with Gasteiger partial charge in [-0.05, 0) is 43.1 Å². The summed E-state index contributed by atoms with van der Waals surface area (Å²) in [6.45, 7) is 3.01. The summed E-state index contributed by atoms with van der Waals surface area (Å²) in [6.07, 6.45) is -1.47. The number of nitrogens with zero attached hydrogens (tertiary/aromatic N) is 2. The molecule has 0 aliphatic rings. The lowest BCUT2D eigenvalue weighted by molar-refractivity contribution is -0.142. The molecule has 0 saturated heterocycles. The minimum Gasteiger partial charge on any atom is -0.481 e. The molecule has 0 unspecified atom stereocenters. The van der Waals surface area contributed by atoms with Gasteiger partial charge in [0.2, 0.25) is 76.8 Å². The molecule has 0 bridgehead atoms. The average Bonchev–Trinajstić information content (AvgIpc) is 1.16. The first kappa shape index (κ1) is 85.6. The second-order valence-electron chi connectivity index (χ2n) is 22.2. The third-order valence-corrected chi connectivity index (χ3v) is 15.2. The van der Waals surface area contributed by atoms with Crippen LogP contribution in [0.3, 0.4) is 0 Å². The van der Waals surface area contributed by atoms with Crippen molar-refractivity contribution in [1.82, 2.24) is 63.8 Å². The predicted octanol–water partition coefficient (Wildman–Crippen LogP) is -9.77. The number of aldehydes is 1. The number of carbonyl (C=O) groups excluding carboxylic acids is 14. The van der Waals surface area contributed by atoms with Crippen LogP contribution in [-0.4, -0.2) is 234 Å². The molecule has 97 heavy (non-hydrogen) atoms. The Morgan fingerprint density at radius 1 is 0.495 bits per heavy atom. The molecule has 0 radical (unpaired) electrons. The highest BCUT2D eigenvalue weighted by molar-refractivity contribution is 7.80. The summed E-state index contributed by atoms with van der Waals surface area (Å²) < 4.78 is 0. The number of guanidine groups is 2. The maximum absolute atomic E-state index is 14.3. The SMILES string of the molecule is CC[C@H](C)[C@H](NC(=O)[C@H](CCCN=C(N)N)NC(=O)[C@H](CC(=O)O)NC(=O)[C@@H](NC(=O)[C@H](CCCN=C(N)N)NC(=O)CNC(=O)CNC(=O)[C@H](Cc1ccccc1)NC(=O)[C@H](CS)NC(=O)[C@H](CO)NC(=O)[C@@H](N)CO)[C@@H](C)CC)C(=O)N[C@@H](CS)C(=O)N[C@H](C=O)CC(N)=O. The molecule has 542 valence electrons. The van der Waals surface area contributed by atoms with Crippen molar-refractivity contribution in [2.24, 2.45) is 56.2 Å². The van der Waals surface area contributed by atoms with Gasteiger partial charge in [-0.3, -0.25) is 77.1 Å². The van der Waals surface area contributed by atoms with E-state index in [1.165, 1.54) is 6.92 Å². The van der Waals surface area contributed by atoms with E-state index in [-0.39, 0.29) is 87.7 Å². The summed E-state index contributed by atoms with van der Waals surface area (Å²) in [7, 11) is 0. The Morgan fingerprint density at radius 2 is 0.918 bits per heavy atom. The first-order valence-corrected chi connectivity index (χ1v) is 31.9. The highest BCUT2D eigenvalue weighted by atomic mass is 32.1. The lowest BCUT2D eigenvalue weighted by Gasteiger charge is -2.30. The van der Waals surface area contributed by atoms with Gasteiger partial charge in [0.05, 0.1) is 45.2 Å². The molecule has 0 heterocycles. The second-order valence-corrected chi connectivity index (χ2v) is 22.9. The maximum Gasteiger partial charge on any atom is 0.305 e. The number of thiol groups is 2. The monoisotopic (exact) mass is 1410 g/mol. The van der Waals surface area contributed by atoms with E-state index in [9.17, 15) is 87.2 Å². The fraction of sp³-hybridized carbons (Fsp3) is 0.596. The van der Waals surface area contributed by atoms with Crippen molar-refractivity contribution >= 4 is 126 Å². The Labute approximate surface area is 570 Å². The van der Waals surface area contributed by atoms with Crippen molar-refractivity contribution in [2.45, 2.75) is 152 Å². The van der Waals surface area contributed by atoms with Crippen molar-refractivity contribution < 1.29 is 87.2 Å². The van der Waals surface area contributed by atoms with Crippen LogP contribution in [0.4, 0.5) is 0 Å². The molecule has 0 fully saturated rings. The van der Waals surface area contributed by atoms with Gasteiger partial charge in [-0.15, -0.1) is 0 Å². The Kier molecular flexibility index (Phi) is 40.5. The van der Waals surface area contributed by atoms with Gasteiger partial charge in [0.25, 0.3) is 0 Å². The number of hydrogen-bond acceptors (Lipinski definition) is 22. The summed E-state index contributed by atoms with van der Waals surface area (Å²) in [6, 6.07) is -8.37. The normalized spacial score (nSPS) is 14.9. The van der Waals surface area contributed by atoms with Gasteiger partial charge in [-0.25, -0.2) is 0 Å². The summed E-state index contributed by atoms with van der Waals surface area (Å²) in [5.41, 5.74) is 33.1.